The first-order chi connectivity index (χ1) is 14.7. The number of aromatic amines is 1. The van der Waals surface area contributed by atoms with Crippen molar-refractivity contribution in [2.75, 3.05) is 18.6 Å². The Morgan fingerprint density at radius 2 is 2.03 bits per heavy atom. The Balaban J connectivity index is 1.64. The van der Waals surface area contributed by atoms with Crippen molar-refractivity contribution in [3.05, 3.63) is 63.7 Å². The van der Waals surface area contributed by atoms with Gasteiger partial charge in [-0.3, -0.25) is 4.79 Å². The third-order valence-corrected chi connectivity index (χ3v) is 5.02. The van der Waals surface area contributed by atoms with Crippen LogP contribution in [0.2, 0.25) is 0 Å². The van der Waals surface area contributed by atoms with Crippen LogP contribution in [0.25, 0.3) is 10.9 Å². The molecule has 1 aliphatic rings. The Kier molecular flexibility index (Phi) is 5.30. The average Bonchev–Trinajstić information content (AvgIpc) is 2.71. The molecule has 0 amide bonds. The molecule has 10 heteroatoms. The number of aryl methyl sites for hydroxylation is 1. The molecule has 4 rings (SSSR count). The zero-order valence-corrected chi connectivity index (χ0v) is 16.5. The number of fused-ring (bicyclic) bond motifs is 2. The zero-order valence-electron chi connectivity index (χ0n) is 16.5. The SMILES string of the molecule is COC(=O)c1ccc2c(=O)[nH]c(CN3CCCc4cc(OC(F)(F)F)ccc43)nc2c1. The molecule has 2 aromatic carbocycles. The molecule has 1 aromatic heterocycles. The number of benzene rings is 2. The number of nitrogens with one attached hydrogen (secondary N) is 1. The molecule has 0 aliphatic carbocycles. The number of alkyl halides is 3. The van der Waals surface area contributed by atoms with Crippen molar-refractivity contribution >= 4 is 22.6 Å². The molecule has 1 N–H and O–H groups in total. The van der Waals surface area contributed by atoms with E-state index in [-0.39, 0.29) is 23.4 Å². The zero-order chi connectivity index (χ0) is 22.2. The number of hydrogen-bond donors (Lipinski definition) is 1. The van der Waals surface area contributed by atoms with Gasteiger partial charge in [0.25, 0.3) is 5.56 Å². The highest BCUT2D eigenvalue weighted by atomic mass is 19.4. The Hall–Kier alpha value is -3.56. The Labute approximate surface area is 174 Å². The molecule has 0 saturated carbocycles. The van der Waals surface area contributed by atoms with Gasteiger partial charge in [0.2, 0.25) is 0 Å². The Morgan fingerprint density at radius 1 is 1.23 bits per heavy atom. The summed E-state index contributed by atoms with van der Waals surface area (Å²) in [6.45, 7) is 0.899. The van der Waals surface area contributed by atoms with Gasteiger partial charge in [-0.15, -0.1) is 13.2 Å². The molecule has 0 fully saturated rings. The molecule has 31 heavy (non-hydrogen) atoms. The van der Waals surface area contributed by atoms with E-state index < -0.39 is 12.3 Å². The van der Waals surface area contributed by atoms with E-state index in [0.29, 0.717) is 29.7 Å². The van der Waals surface area contributed by atoms with Crippen molar-refractivity contribution in [2.45, 2.75) is 25.7 Å². The topological polar surface area (TPSA) is 84.5 Å². The maximum Gasteiger partial charge on any atom is 0.573 e. The predicted octanol–water partition coefficient (Wildman–Crippen LogP) is 3.56. The number of methoxy groups -OCH3 is 1. The van der Waals surface area contributed by atoms with E-state index in [1.54, 1.807) is 6.07 Å². The lowest BCUT2D eigenvalue weighted by atomic mass is 10.0. The highest BCUT2D eigenvalue weighted by Gasteiger charge is 2.31. The van der Waals surface area contributed by atoms with Gasteiger partial charge in [-0.25, -0.2) is 9.78 Å². The van der Waals surface area contributed by atoms with Crippen molar-refractivity contribution < 1.29 is 27.4 Å². The van der Waals surface area contributed by atoms with Gasteiger partial charge in [-0.1, -0.05) is 0 Å². The number of anilines is 1. The summed E-state index contributed by atoms with van der Waals surface area (Å²) in [5.41, 5.74) is 1.77. The van der Waals surface area contributed by atoms with E-state index in [0.717, 1.165) is 17.7 Å². The summed E-state index contributed by atoms with van der Waals surface area (Å²) >= 11 is 0. The summed E-state index contributed by atoms with van der Waals surface area (Å²) in [6.07, 6.45) is -3.40. The average molecular weight is 433 g/mol. The minimum absolute atomic E-state index is 0.250. The van der Waals surface area contributed by atoms with E-state index in [1.165, 1.54) is 37.4 Å². The molecule has 1 aliphatic heterocycles. The summed E-state index contributed by atoms with van der Waals surface area (Å²) in [5, 5.41) is 0.337. The third-order valence-electron chi connectivity index (χ3n) is 5.02. The first-order valence-electron chi connectivity index (χ1n) is 9.48. The summed E-state index contributed by atoms with van der Waals surface area (Å²) in [6, 6.07) is 8.72. The van der Waals surface area contributed by atoms with E-state index in [2.05, 4.69) is 14.7 Å². The van der Waals surface area contributed by atoms with Gasteiger partial charge in [0.05, 0.1) is 30.1 Å². The monoisotopic (exact) mass is 433 g/mol. The summed E-state index contributed by atoms with van der Waals surface area (Å²) in [5.74, 6) is -0.420. The van der Waals surface area contributed by atoms with E-state index in [1.807, 2.05) is 4.90 Å². The first kappa shape index (κ1) is 20.7. The molecule has 0 saturated heterocycles. The number of ether oxygens (including phenoxy) is 2. The number of nitrogens with zero attached hydrogens (tertiary/aromatic N) is 2. The molecule has 162 valence electrons. The van der Waals surface area contributed by atoms with Crippen LogP contribution in [-0.4, -0.2) is 36.0 Å². The van der Waals surface area contributed by atoms with E-state index in [9.17, 15) is 22.8 Å². The maximum atomic E-state index is 12.5. The lowest BCUT2D eigenvalue weighted by Crippen LogP contribution is -2.30. The Bertz CT molecular complexity index is 1210. The minimum atomic E-state index is -4.75. The van der Waals surface area contributed by atoms with Crippen LogP contribution in [0, 0.1) is 0 Å². The van der Waals surface area contributed by atoms with Gasteiger partial charge in [0.1, 0.15) is 11.6 Å². The highest BCUT2D eigenvalue weighted by Crippen LogP contribution is 2.33. The van der Waals surface area contributed by atoms with Crippen molar-refractivity contribution in [3.8, 4) is 5.75 Å². The lowest BCUT2D eigenvalue weighted by Gasteiger charge is -2.31. The van der Waals surface area contributed by atoms with E-state index in [4.69, 9.17) is 4.74 Å². The van der Waals surface area contributed by atoms with Crippen LogP contribution >= 0.6 is 0 Å². The molecule has 0 atom stereocenters. The molecule has 0 spiro atoms. The predicted molar refractivity (Wildman–Crippen MR) is 106 cm³/mol. The van der Waals surface area contributed by atoms with Crippen LogP contribution in [0.3, 0.4) is 0 Å². The number of halogens is 3. The smallest absolute Gasteiger partial charge is 0.465 e. The number of esters is 1. The third kappa shape index (κ3) is 4.47. The van der Waals surface area contributed by atoms with Crippen LogP contribution in [-0.2, 0) is 17.7 Å². The van der Waals surface area contributed by atoms with Gasteiger partial charge in [-0.05, 0) is 54.8 Å². The van der Waals surface area contributed by atoms with Crippen molar-refractivity contribution in [1.29, 1.82) is 0 Å². The molecule has 0 unspecified atom stereocenters. The van der Waals surface area contributed by atoms with Crippen LogP contribution in [0.4, 0.5) is 18.9 Å². The second kappa shape index (κ2) is 7.93. The van der Waals surface area contributed by atoms with Gasteiger partial charge in [0, 0.05) is 12.2 Å². The van der Waals surface area contributed by atoms with E-state index >= 15 is 0 Å². The standard InChI is InChI=1S/C21H18F3N3O4/c1-30-20(29)13-4-6-15-16(10-13)25-18(26-19(15)28)11-27-8-2-3-12-9-14(5-7-17(12)27)31-21(22,23)24/h4-7,9-10H,2-3,8,11H2,1H3,(H,25,26,28). The molecule has 3 aromatic rings. The second-order valence-corrected chi connectivity index (χ2v) is 7.10. The number of hydrogen-bond acceptors (Lipinski definition) is 6. The molecule has 7 nitrogen and oxygen atoms in total. The summed E-state index contributed by atoms with van der Waals surface area (Å²) < 4.78 is 46.2. The number of rotatable bonds is 4. The number of carbonyl (C=O) groups excluding carboxylic acids is 1. The first-order valence-corrected chi connectivity index (χ1v) is 9.48. The maximum absolute atomic E-state index is 12.5. The molecule has 0 bridgehead atoms. The van der Waals surface area contributed by atoms with Crippen molar-refractivity contribution in [2.24, 2.45) is 0 Å². The van der Waals surface area contributed by atoms with Gasteiger partial charge in [-0.2, -0.15) is 0 Å². The van der Waals surface area contributed by atoms with Gasteiger partial charge in [0.15, 0.2) is 0 Å². The van der Waals surface area contributed by atoms with Gasteiger partial charge >= 0.3 is 12.3 Å². The second-order valence-electron chi connectivity index (χ2n) is 7.10. The molecule has 0 radical (unpaired) electrons. The molecular formula is C21H18F3N3O4. The highest BCUT2D eigenvalue weighted by molar-refractivity contribution is 5.93. The number of H-pyrrole nitrogens is 1. The van der Waals surface area contributed by atoms with Crippen LogP contribution in [0.5, 0.6) is 5.75 Å². The van der Waals surface area contributed by atoms with Crippen LogP contribution in [0.1, 0.15) is 28.2 Å². The fourth-order valence-corrected chi connectivity index (χ4v) is 3.70. The summed E-state index contributed by atoms with van der Waals surface area (Å²) in [4.78, 5) is 33.4. The van der Waals surface area contributed by atoms with Crippen molar-refractivity contribution in [3.63, 3.8) is 0 Å². The van der Waals surface area contributed by atoms with Crippen molar-refractivity contribution in [1.82, 2.24) is 9.97 Å². The number of carbonyl (C=O) groups is 1. The number of aromatic nitrogens is 2. The molecular weight excluding hydrogens is 415 g/mol. The fourth-order valence-electron chi connectivity index (χ4n) is 3.70. The fraction of sp³-hybridized carbons (Fsp3) is 0.286. The quantitative estimate of drug-likeness (QED) is 0.634. The molecule has 2 heterocycles. The van der Waals surface area contributed by atoms with Crippen LogP contribution in [0.15, 0.2) is 41.2 Å². The minimum Gasteiger partial charge on any atom is -0.465 e. The Morgan fingerprint density at radius 3 is 2.77 bits per heavy atom. The lowest BCUT2D eigenvalue weighted by molar-refractivity contribution is -0.274. The van der Waals surface area contributed by atoms with Crippen LogP contribution < -0.4 is 15.2 Å². The normalized spacial score (nSPS) is 13.7. The van der Waals surface area contributed by atoms with Gasteiger partial charge < -0.3 is 19.4 Å². The largest absolute Gasteiger partial charge is 0.573 e. The summed E-state index contributed by atoms with van der Waals surface area (Å²) in [7, 11) is 1.27.